The van der Waals surface area contributed by atoms with Gasteiger partial charge in [-0.1, -0.05) is 12.1 Å². The van der Waals surface area contributed by atoms with Gasteiger partial charge < -0.3 is 5.32 Å². The number of carbonyl (C=O) groups excluding carboxylic acids is 1. The smallest absolute Gasteiger partial charge is 0.251 e. The van der Waals surface area contributed by atoms with Crippen molar-refractivity contribution in [2.24, 2.45) is 5.92 Å². The van der Waals surface area contributed by atoms with Crippen molar-refractivity contribution in [3.63, 3.8) is 0 Å². The van der Waals surface area contributed by atoms with E-state index in [2.05, 4.69) is 10.3 Å². The quantitative estimate of drug-likeness (QED) is 0.795. The zero-order valence-corrected chi connectivity index (χ0v) is 16.0. The Morgan fingerprint density at radius 2 is 1.93 bits per heavy atom. The van der Waals surface area contributed by atoms with Gasteiger partial charge in [0, 0.05) is 23.9 Å². The van der Waals surface area contributed by atoms with Crippen molar-refractivity contribution in [1.29, 1.82) is 0 Å². The van der Waals surface area contributed by atoms with Crippen molar-refractivity contribution in [3.8, 4) is 0 Å². The molecule has 0 spiro atoms. The molecule has 27 heavy (non-hydrogen) atoms. The van der Waals surface area contributed by atoms with E-state index in [1.54, 1.807) is 18.2 Å². The lowest BCUT2D eigenvalue weighted by Gasteiger charge is -2.29. The summed E-state index contributed by atoms with van der Waals surface area (Å²) in [6.45, 7) is 1.88. The summed E-state index contributed by atoms with van der Waals surface area (Å²) in [6, 6.07) is 9.54. The third-order valence-electron chi connectivity index (χ3n) is 4.97. The van der Waals surface area contributed by atoms with Crippen molar-refractivity contribution in [1.82, 2.24) is 10.3 Å². The van der Waals surface area contributed by atoms with E-state index >= 15 is 0 Å². The molecular formula is C20H23FN2O3S. The minimum absolute atomic E-state index is 0.0216. The molecule has 1 aromatic heterocycles. The second-order valence-electron chi connectivity index (χ2n) is 7.16. The fraction of sp³-hybridized carbons (Fsp3) is 0.400. The highest BCUT2D eigenvalue weighted by Gasteiger charge is 2.27. The minimum Gasteiger partial charge on any atom is -0.349 e. The van der Waals surface area contributed by atoms with Gasteiger partial charge in [0.1, 0.15) is 0 Å². The Bertz CT molecular complexity index is 922. The molecule has 1 N–H and O–H groups in total. The normalized spacial score (nSPS) is 20.2. The number of amides is 1. The second-order valence-corrected chi connectivity index (χ2v) is 9.19. The van der Waals surface area contributed by atoms with Gasteiger partial charge in [0.15, 0.2) is 9.84 Å². The largest absolute Gasteiger partial charge is 0.349 e. The van der Waals surface area contributed by atoms with Crippen molar-refractivity contribution in [2.45, 2.75) is 43.5 Å². The lowest BCUT2D eigenvalue weighted by atomic mass is 9.87. The summed E-state index contributed by atoms with van der Waals surface area (Å²) in [5.41, 5.74) is 1.17. The molecule has 7 heteroatoms. The van der Waals surface area contributed by atoms with Crippen LogP contribution in [0.3, 0.4) is 0 Å². The molecule has 0 radical (unpaired) electrons. The lowest BCUT2D eigenvalue weighted by molar-refractivity contribution is 0.0922. The topological polar surface area (TPSA) is 76.1 Å². The molecule has 1 amide bonds. The molecule has 0 aliphatic heterocycles. The van der Waals surface area contributed by atoms with Crippen molar-refractivity contribution in [3.05, 3.63) is 59.7 Å². The van der Waals surface area contributed by atoms with Gasteiger partial charge >= 0.3 is 0 Å². The standard InChI is InChI=1S/C20H23FN2O3S/c1-14-3-2-4-18(11-14)27(25,26)13-15-5-7-17(8-6-15)23-20(24)16-9-10-22-19(21)12-16/h2-4,9-12,15,17H,5-8,13H2,1H3,(H,23,24)/t15-,17-. The lowest BCUT2D eigenvalue weighted by Crippen LogP contribution is -2.38. The van der Waals surface area contributed by atoms with Crippen LogP contribution in [0.25, 0.3) is 0 Å². The summed E-state index contributed by atoms with van der Waals surface area (Å²) in [6.07, 6.45) is 4.17. The van der Waals surface area contributed by atoms with Gasteiger partial charge in [0.2, 0.25) is 5.95 Å². The van der Waals surface area contributed by atoms with Crippen LogP contribution in [0.15, 0.2) is 47.5 Å². The van der Waals surface area contributed by atoms with E-state index in [0.29, 0.717) is 17.7 Å². The number of pyridine rings is 1. The summed E-state index contributed by atoms with van der Waals surface area (Å²) in [7, 11) is -3.31. The predicted molar refractivity (Wildman–Crippen MR) is 101 cm³/mol. The second kappa shape index (κ2) is 8.17. The molecule has 144 valence electrons. The number of aromatic nitrogens is 1. The van der Waals surface area contributed by atoms with E-state index in [-0.39, 0.29) is 29.2 Å². The Kier molecular flexibility index (Phi) is 5.89. The van der Waals surface area contributed by atoms with Crippen LogP contribution in [0, 0.1) is 18.8 Å². The fourth-order valence-electron chi connectivity index (χ4n) is 3.50. The van der Waals surface area contributed by atoms with Crippen molar-refractivity contribution < 1.29 is 17.6 Å². The van der Waals surface area contributed by atoms with Gasteiger partial charge in [-0.2, -0.15) is 4.39 Å². The van der Waals surface area contributed by atoms with Crippen molar-refractivity contribution in [2.75, 3.05) is 5.75 Å². The number of halogens is 1. The number of benzene rings is 1. The number of rotatable bonds is 5. The van der Waals surface area contributed by atoms with Gasteiger partial charge in [0.05, 0.1) is 10.6 Å². The third-order valence-corrected chi connectivity index (χ3v) is 6.86. The molecule has 1 heterocycles. The van der Waals surface area contributed by atoms with Gasteiger partial charge in [-0.05, 0) is 62.3 Å². The molecule has 1 aliphatic rings. The van der Waals surface area contributed by atoms with Crippen molar-refractivity contribution >= 4 is 15.7 Å². The van der Waals surface area contributed by atoms with Crippen LogP contribution in [0.4, 0.5) is 4.39 Å². The first-order valence-electron chi connectivity index (χ1n) is 9.05. The third kappa shape index (κ3) is 5.13. The molecular weight excluding hydrogens is 367 g/mol. The van der Waals surface area contributed by atoms with Gasteiger partial charge in [-0.15, -0.1) is 0 Å². The van der Waals surface area contributed by atoms with E-state index in [0.717, 1.165) is 24.5 Å². The highest BCUT2D eigenvalue weighted by Crippen LogP contribution is 2.28. The summed E-state index contributed by atoms with van der Waals surface area (Å²) >= 11 is 0. The highest BCUT2D eigenvalue weighted by molar-refractivity contribution is 7.91. The first-order chi connectivity index (χ1) is 12.8. The number of hydrogen-bond donors (Lipinski definition) is 1. The van der Waals surface area contributed by atoms with Crippen LogP contribution in [-0.4, -0.2) is 31.1 Å². The van der Waals surface area contributed by atoms with Crippen LogP contribution in [0.2, 0.25) is 0 Å². The number of aryl methyl sites for hydroxylation is 1. The Morgan fingerprint density at radius 1 is 1.19 bits per heavy atom. The maximum atomic E-state index is 13.1. The number of sulfone groups is 1. The number of hydrogen-bond acceptors (Lipinski definition) is 4. The van der Waals surface area contributed by atoms with Crippen LogP contribution in [0.1, 0.15) is 41.6 Å². The van der Waals surface area contributed by atoms with Gasteiger partial charge in [0.25, 0.3) is 5.91 Å². The van der Waals surface area contributed by atoms with Crippen LogP contribution in [0.5, 0.6) is 0 Å². The van der Waals surface area contributed by atoms with E-state index in [9.17, 15) is 17.6 Å². The van der Waals surface area contributed by atoms with Gasteiger partial charge in [-0.25, -0.2) is 13.4 Å². The average Bonchev–Trinajstić information content (AvgIpc) is 2.63. The summed E-state index contributed by atoms with van der Waals surface area (Å²) in [5.74, 6) is -0.797. The summed E-state index contributed by atoms with van der Waals surface area (Å²) < 4.78 is 38.4. The summed E-state index contributed by atoms with van der Waals surface area (Å²) in [4.78, 5) is 16.0. The van der Waals surface area contributed by atoms with Crippen LogP contribution in [-0.2, 0) is 9.84 Å². The molecule has 1 fully saturated rings. The first kappa shape index (κ1) is 19.5. The Labute approximate surface area is 158 Å². The predicted octanol–water partition coefficient (Wildman–Crippen LogP) is 3.29. The highest BCUT2D eigenvalue weighted by atomic mass is 32.2. The Balaban J connectivity index is 1.54. The molecule has 2 aromatic rings. The number of nitrogens with one attached hydrogen (secondary N) is 1. The number of nitrogens with zero attached hydrogens (tertiary/aromatic N) is 1. The molecule has 3 rings (SSSR count). The molecule has 1 aliphatic carbocycles. The maximum absolute atomic E-state index is 13.1. The van der Waals surface area contributed by atoms with Gasteiger partial charge in [-0.3, -0.25) is 4.79 Å². The molecule has 1 aromatic carbocycles. The molecule has 0 atom stereocenters. The Morgan fingerprint density at radius 3 is 2.59 bits per heavy atom. The molecule has 0 bridgehead atoms. The van der Waals surface area contributed by atoms with E-state index in [1.807, 2.05) is 13.0 Å². The molecule has 0 saturated heterocycles. The molecule has 0 unspecified atom stereocenters. The fourth-order valence-corrected chi connectivity index (χ4v) is 5.30. The van der Waals surface area contributed by atoms with Crippen LogP contribution < -0.4 is 5.32 Å². The monoisotopic (exact) mass is 390 g/mol. The first-order valence-corrected chi connectivity index (χ1v) is 10.7. The zero-order chi connectivity index (χ0) is 19.4. The van der Waals surface area contributed by atoms with Crippen LogP contribution >= 0.6 is 0 Å². The average molecular weight is 390 g/mol. The zero-order valence-electron chi connectivity index (χ0n) is 15.2. The molecule has 5 nitrogen and oxygen atoms in total. The SMILES string of the molecule is Cc1cccc(S(=O)(=O)C[C@H]2CC[C@H](NC(=O)c3ccnc(F)c3)CC2)c1. The van der Waals surface area contributed by atoms with E-state index in [1.165, 1.54) is 12.3 Å². The number of carbonyl (C=O) groups is 1. The van der Waals surface area contributed by atoms with E-state index < -0.39 is 15.8 Å². The maximum Gasteiger partial charge on any atom is 0.251 e. The molecule has 1 saturated carbocycles. The van der Waals surface area contributed by atoms with E-state index in [4.69, 9.17) is 0 Å². The minimum atomic E-state index is -3.31. The Hall–Kier alpha value is -2.28. The summed E-state index contributed by atoms with van der Waals surface area (Å²) in [5, 5.41) is 2.90.